The molecule has 1 aromatic rings. The lowest BCUT2D eigenvalue weighted by Crippen LogP contribution is -2.37. The Morgan fingerprint density at radius 1 is 1.44 bits per heavy atom. The zero-order valence-corrected chi connectivity index (χ0v) is 14.3. The molecule has 0 aliphatic rings. The average molecular weight is 401 g/mol. The standard InChI is InChI=1S/C11H17ClN4S.HI/c1-13-11(14-5-6-17-2)16-8-9-3-4-10(12)15-7-9;/h3-4,7H,5-6,8H2,1-2H3,(H2,13,14,16);1H. The number of aliphatic imine (C=N–C) groups is 1. The first kappa shape index (κ1) is 17.8. The molecular formula is C11H18ClIN4S. The molecule has 0 amide bonds. The van der Waals surface area contributed by atoms with Gasteiger partial charge in [-0.25, -0.2) is 4.98 Å². The summed E-state index contributed by atoms with van der Waals surface area (Å²) in [6.07, 6.45) is 3.84. The number of thioether (sulfide) groups is 1. The number of pyridine rings is 1. The van der Waals surface area contributed by atoms with Crippen LogP contribution in [0.5, 0.6) is 0 Å². The molecule has 0 atom stereocenters. The molecule has 0 fully saturated rings. The molecule has 0 bridgehead atoms. The molecule has 1 rings (SSSR count). The van der Waals surface area contributed by atoms with Crippen LogP contribution in [-0.2, 0) is 6.54 Å². The summed E-state index contributed by atoms with van der Waals surface area (Å²) < 4.78 is 0. The Labute approximate surface area is 134 Å². The predicted octanol–water partition coefficient (Wildman–Crippen LogP) is 2.38. The van der Waals surface area contributed by atoms with E-state index in [2.05, 4.69) is 26.9 Å². The number of nitrogens with one attached hydrogen (secondary N) is 2. The summed E-state index contributed by atoms with van der Waals surface area (Å²) in [6.45, 7) is 1.59. The topological polar surface area (TPSA) is 49.3 Å². The minimum atomic E-state index is 0. The van der Waals surface area contributed by atoms with Gasteiger partial charge in [0, 0.05) is 32.1 Å². The van der Waals surface area contributed by atoms with Crippen molar-refractivity contribution in [2.45, 2.75) is 6.54 Å². The van der Waals surface area contributed by atoms with E-state index in [1.54, 1.807) is 31.1 Å². The van der Waals surface area contributed by atoms with Gasteiger partial charge in [0.2, 0.25) is 0 Å². The SMILES string of the molecule is CN=C(NCCSC)NCc1ccc(Cl)nc1.I. The zero-order chi connectivity index (χ0) is 12.5. The number of hydrogen-bond acceptors (Lipinski definition) is 3. The maximum Gasteiger partial charge on any atom is 0.191 e. The van der Waals surface area contributed by atoms with E-state index in [1.165, 1.54) is 0 Å². The molecule has 1 heterocycles. The molecule has 0 spiro atoms. The van der Waals surface area contributed by atoms with Gasteiger partial charge in [-0.05, 0) is 17.9 Å². The van der Waals surface area contributed by atoms with E-state index in [0.717, 1.165) is 23.8 Å². The van der Waals surface area contributed by atoms with Crippen molar-refractivity contribution in [1.29, 1.82) is 0 Å². The Hall–Kier alpha value is -0.210. The van der Waals surface area contributed by atoms with Crippen LogP contribution in [0.1, 0.15) is 5.56 Å². The van der Waals surface area contributed by atoms with Gasteiger partial charge in [0.05, 0.1) is 0 Å². The molecule has 0 saturated carbocycles. The molecule has 102 valence electrons. The van der Waals surface area contributed by atoms with E-state index in [9.17, 15) is 0 Å². The maximum atomic E-state index is 5.72. The largest absolute Gasteiger partial charge is 0.356 e. The molecule has 7 heteroatoms. The van der Waals surface area contributed by atoms with E-state index in [0.29, 0.717) is 11.7 Å². The minimum Gasteiger partial charge on any atom is -0.356 e. The fourth-order valence-electron chi connectivity index (χ4n) is 1.19. The number of rotatable bonds is 5. The van der Waals surface area contributed by atoms with Crippen LogP contribution in [-0.4, -0.2) is 36.5 Å². The van der Waals surface area contributed by atoms with Crippen molar-refractivity contribution in [2.75, 3.05) is 25.6 Å². The van der Waals surface area contributed by atoms with Gasteiger partial charge in [-0.3, -0.25) is 4.99 Å². The third-order valence-corrected chi connectivity index (χ3v) is 2.91. The normalized spacial score (nSPS) is 10.7. The minimum absolute atomic E-state index is 0. The number of halogens is 2. The van der Waals surface area contributed by atoms with E-state index in [1.807, 2.05) is 6.07 Å². The Morgan fingerprint density at radius 3 is 2.78 bits per heavy atom. The van der Waals surface area contributed by atoms with E-state index in [-0.39, 0.29) is 24.0 Å². The van der Waals surface area contributed by atoms with Gasteiger partial charge in [0.1, 0.15) is 5.15 Å². The highest BCUT2D eigenvalue weighted by atomic mass is 127. The summed E-state index contributed by atoms with van der Waals surface area (Å²) in [5.74, 6) is 1.86. The van der Waals surface area contributed by atoms with Crippen LogP contribution in [0.25, 0.3) is 0 Å². The van der Waals surface area contributed by atoms with Crippen LogP contribution < -0.4 is 10.6 Å². The first-order valence-corrected chi connectivity index (χ1v) is 7.07. The first-order valence-electron chi connectivity index (χ1n) is 5.30. The summed E-state index contributed by atoms with van der Waals surface area (Å²) in [6, 6.07) is 3.72. The second-order valence-corrected chi connectivity index (χ2v) is 4.71. The fraction of sp³-hybridized carbons (Fsp3) is 0.455. The Balaban J connectivity index is 0.00000289. The van der Waals surface area contributed by atoms with Crippen molar-refractivity contribution in [2.24, 2.45) is 4.99 Å². The number of aromatic nitrogens is 1. The summed E-state index contributed by atoms with van der Waals surface area (Å²) in [5.41, 5.74) is 1.07. The molecule has 0 saturated heterocycles. The highest BCUT2D eigenvalue weighted by molar-refractivity contribution is 14.0. The third-order valence-electron chi connectivity index (χ3n) is 2.07. The zero-order valence-electron chi connectivity index (χ0n) is 10.4. The molecule has 0 aromatic carbocycles. The maximum absolute atomic E-state index is 5.72. The van der Waals surface area contributed by atoms with Gasteiger partial charge < -0.3 is 10.6 Å². The van der Waals surface area contributed by atoms with Gasteiger partial charge in [0.15, 0.2) is 5.96 Å². The lowest BCUT2D eigenvalue weighted by Gasteiger charge is -2.11. The molecule has 0 unspecified atom stereocenters. The van der Waals surface area contributed by atoms with E-state index < -0.39 is 0 Å². The molecule has 2 N–H and O–H groups in total. The summed E-state index contributed by atoms with van der Waals surface area (Å²) in [4.78, 5) is 8.15. The fourth-order valence-corrected chi connectivity index (χ4v) is 1.61. The van der Waals surface area contributed by atoms with E-state index >= 15 is 0 Å². The van der Waals surface area contributed by atoms with Crippen molar-refractivity contribution < 1.29 is 0 Å². The van der Waals surface area contributed by atoms with Gasteiger partial charge in [-0.15, -0.1) is 24.0 Å². The smallest absolute Gasteiger partial charge is 0.191 e. The second-order valence-electron chi connectivity index (χ2n) is 3.33. The summed E-state index contributed by atoms with van der Waals surface area (Å²) >= 11 is 7.52. The van der Waals surface area contributed by atoms with Gasteiger partial charge in [-0.2, -0.15) is 11.8 Å². The van der Waals surface area contributed by atoms with Gasteiger partial charge >= 0.3 is 0 Å². The van der Waals surface area contributed by atoms with Crippen molar-refractivity contribution in [3.63, 3.8) is 0 Å². The van der Waals surface area contributed by atoms with Crippen LogP contribution in [0.15, 0.2) is 23.3 Å². The highest BCUT2D eigenvalue weighted by Crippen LogP contribution is 2.04. The average Bonchev–Trinajstić information content (AvgIpc) is 2.35. The van der Waals surface area contributed by atoms with Crippen molar-refractivity contribution in [3.8, 4) is 0 Å². The predicted molar refractivity (Wildman–Crippen MR) is 91.2 cm³/mol. The molecule has 18 heavy (non-hydrogen) atoms. The van der Waals surface area contributed by atoms with Crippen LogP contribution in [0.3, 0.4) is 0 Å². The highest BCUT2D eigenvalue weighted by Gasteiger charge is 1.98. The van der Waals surface area contributed by atoms with Crippen molar-refractivity contribution >= 4 is 53.3 Å². The van der Waals surface area contributed by atoms with Crippen molar-refractivity contribution in [3.05, 3.63) is 29.0 Å². The Bertz CT molecular complexity index is 359. The van der Waals surface area contributed by atoms with Crippen LogP contribution in [0.2, 0.25) is 5.15 Å². The number of hydrogen-bond donors (Lipinski definition) is 2. The molecule has 4 nitrogen and oxygen atoms in total. The number of nitrogens with zero attached hydrogens (tertiary/aromatic N) is 2. The third kappa shape index (κ3) is 7.27. The van der Waals surface area contributed by atoms with Crippen LogP contribution >= 0.6 is 47.3 Å². The second kappa shape index (κ2) is 10.7. The monoisotopic (exact) mass is 400 g/mol. The molecule has 0 radical (unpaired) electrons. The van der Waals surface area contributed by atoms with Gasteiger partial charge in [0.25, 0.3) is 0 Å². The Morgan fingerprint density at radius 2 is 2.22 bits per heavy atom. The van der Waals surface area contributed by atoms with Crippen molar-refractivity contribution in [1.82, 2.24) is 15.6 Å². The number of guanidine groups is 1. The lowest BCUT2D eigenvalue weighted by atomic mass is 10.3. The summed E-state index contributed by atoms with van der Waals surface area (Å²) in [5, 5.41) is 6.94. The van der Waals surface area contributed by atoms with Crippen LogP contribution in [0.4, 0.5) is 0 Å². The lowest BCUT2D eigenvalue weighted by molar-refractivity contribution is 0.830. The first-order chi connectivity index (χ1) is 8.26. The van der Waals surface area contributed by atoms with E-state index in [4.69, 9.17) is 11.6 Å². The quantitative estimate of drug-likeness (QED) is 0.262. The summed E-state index contributed by atoms with van der Waals surface area (Å²) in [7, 11) is 1.76. The molecule has 1 aromatic heterocycles. The molecule has 0 aliphatic heterocycles. The van der Waals surface area contributed by atoms with Crippen LogP contribution in [0, 0.1) is 0 Å². The molecular weight excluding hydrogens is 383 g/mol. The Kier molecular flexibility index (Phi) is 10.6. The molecule has 0 aliphatic carbocycles. The van der Waals surface area contributed by atoms with Gasteiger partial charge in [-0.1, -0.05) is 17.7 Å².